The number of benzene rings is 1. The normalized spacial score (nSPS) is 16.2. The predicted octanol–water partition coefficient (Wildman–Crippen LogP) is 4.72. The predicted molar refractivity (Wildman–Crippen MR) is 97.9 cm³/mol. The molecule has 1 aliphatic heterocycles. The standard InChI is InChI=1S/C21H24FNO3/c1-5-25-21(24)18-11-16(14-7-6-13(4)10-17(14)22)15-8-9-19(12(2)3)26-20(15)23-18/h6-7,10-12,19H,5,8-9H2,1-4H3. The van der Waals surface area contributed by atoms with Crippen LogP contribution in [0.15, 0.2) is 24.3 Å². The molecule has 1 aromatic carbocycles. The molecule has 26 heavy (non-hydrogen) atoms. The van der Waals surface area contributed by atoms with Crippen LogP contribution < -0.4 is 4.74 Å². The maximum absolute atomic E-state index is 14.6. The highest BCUT2D eigenvalue weighted by atomic mass is 19.1. The van der Waals surface area contributed by atoms with Gasteiger partial charge < -0.3 is 9.47 Å². The van der Waals surface area contributed by atoms with Gasteiger partial charge in [-0.25, -0.2) is 14.2 Å². The second kappa shape index (κ2) is 7.44. The Morgan fingerprint density at radius 1 is 1.35 bits per heavy atom. The zero-order chi connectivity index (χ0) is 18.8. The third-order valence-electron chi connectivity index (χ3n) is 4.67. The Hall–Kier alpha value is -2.43. The van der Waals surface area contributed by atoms with E-state index in [-0.39, 0.29) is 24.2 Å². The van der Waals surface area contributed by atoms with Crippen LogP contribution in [0.2, 0.25) is 0 Å². The summed E-state index contributed by atoms with van der Waals surface area (Å²) in [5.41, 5.74) is 2.93. The van der Waals surface area contributed by atoms with Crippen LogP contribution in [0, 0.1) is 18.7 Å². The van der Waals surface area contributed by atoms with Crippen molar-refractivity contribution in [1.29, 1.82) is 0 Å². The average Bonchev–Trinajstić information content (AvgIpc) is 2.60. The number of carbonyl (C=O) groups is 1. The molecule has 0 saturated carbocycles. The summed E-state index contributed by atoms with van der Waals surface area (Å²) in [5.74, 6) is -0.107. The van der Waals surface area contributed by atoms with E-state index in [1.807, 2.05) is 13.0 Å². The topological polar surface area (TPSA) is 48.4 Å². The van der Waals surface area contributed by atoms with E-state index in [9.17, 15) is 9.18 Å². The van der Waals surface area contributed by atoms with Crippen molar-refractivity contribution in [1.82, 2.24) is 4.98 Å². The smallest absolute Gasteiger partial charge is 0.357 e. The molecule has 2 heterocycles. The SMILES string of the molecule is CCOC(=O)c1cc(-c2ccc(C)cc2F)c2c(n1)OC(C(C)C)CC2. The van der Waals surface area contributed by atoms with Gasteiger partial charge in [0.2, 0.25) is 5.88 Å². The molecule has 0 amide bonds. The third kappa shape index (κ3) is 3.57. The van der Waals surface area contributed by atoms with Crippen molar-refractivity contribution in [3.63, 3.8) is 0 Å². The van der Waals surface area contributed by atoms with E-state index in [4.69, 9.17) is 9.47 Å². The molecule has 0 radical (unpaired) electrons. The number of hydrogen-bond donors (Lipinski definition) is 0. The van der Waals surface area contributed by atoms with Crippen molar-refractivity contribution in [3.8, 4) is 17.0 Å². The fraction of sp³-hybridized carbons (Fsp3) is 0.429. The number of nitrogens with zero attached hydrogens (tertiary/aromatic N) is 1. The summed E-state index contributed by atoms with van der Waals surface area (Å²) in [4.78, 5) is 16.6. The second-order valence-corrected chi connectivity index (χ2v) is 6.98. The van der Waals surface area contributed by atoms with Crippen LogP contribution in [-0.4, -0.2) is 23.7 Å². The van der Waals surface area contributed by atoms with Crippen LogP contribution in [0.1, 0.15) is 48.8 Å². The monoisotopic (exact) mass is 357 g/mol. The van der Waals surface area contributed by atoms with Crippen molar-refractivity contribution >= 4 is 5.97 Å². The maximum Gasteiger partial charge on any atom is 0.357 e. The molecule has 1 aromatic heterocycles. The molecule has 1 aliphatic rings. The van der Waals surface area contributed by atoms with Crippen molar-refractivity contribution in [2.24, 2.45) is 5.92 Å². The van der Waals surface area contributed by atoms with E-state index in [1.54, 1.807) is 19.1 Å². The Bertz CT molecular complexity index is 832. The van der Waals surface area contributed by atoms with Gasteiger partial charge in [-0.1, -0.05) is 26.0 Å². The van der Waals surface area contributed by atoms with Crippen molar-refractivity contribution < 1.29 is 18.7 Å². The van der Waals surface area contributed by atoms with Crippen LogP contribution in [0.3, 0.4) is 0 Å². The number of aromatic nitrogens is 1. The van der Waals surface area contributed by atoms with Gasteiger partial charge in [0.15, 0.2) is 5.69 Å². The molecule has 0 saturated heterocycles. The lowest BCUT2D eigenvalue weighted by atomic mass is 9.91. The number of esters is 1. The Labute approximate surface area is 153 Å². The number of rotatable bonds is 4. The molecule has 1 atom stereocenters. The summed E-state index contributed by atoms with van der Waals surface area (Å²) in [6.45, 7) is 8.01. The van der Waals surface area contributed by atoms with Crippen LogP contribution in [-0.2, 0) is 11.2 Å². The Balaban J connectivity index is 2.15. The molecule has 3 rings (SSSR count). The molecule has 138 valence electrons. The van der Waals surface area contributed by atoms with E-state index in [0.717, 1.165) is 24.0 Å². The van der Waals surface area contributed by atoms with Crippen LogP contribution in [0.4, 0.5) is 4.39 Å². The first-order chi connectivity index (χ1) is 12.4. The van der Waals surface area contributed by atoms with Gasteiger partial charge in [0.25, 0.3) is 0 Å². The highest BCUT2D eigenvalue weighted by molar-refractivity contribution is 5.90. The molecular weight excluding hydrogens is 333 g/mol. The summed E-state index contributed by atoms with van der Waals surface area (Å²) in [7, 11) is 0. The van der Waals surface area contributed by atoms with Crippen LogP contribution >= 0.6 is 0 Å². The van der Waals surface area contributed by atoms with Crippen LogP contribution in [0.25, 0.3) is 11.1 Å². The zero-order valence-corrected chi connectivity index (χ0v) is 15.6. The molecule has 0 N–H and O–H groups in total. The van der Waals surface area contributed by atoms with E-state index in [1.165, 1.54) is 6.07 Å². The number of hydrogen-bond acceptors (Lipinski definition) is 4. The fourth-order valence-corrected chi connectivity index (χ4v) is 3.23. The third-order valence-corrected chi connectivity index (χ3v) is 4.67. The molecule has 0 spiro atoms. The number of carbonyl (C=O) groups excluding carboxylic acids is 1. The Morgan fingerprint density at radius 3 is 2.77 bits per heavy atom. The number of fused-ring (bicyclic) bond motifs is 1. The van der Waals surface area contributed by atoms with Crippen molar-refractivity contribution in [3.05, 3.63) is 46.9 Å². The largest absolute Gasteiger partial charge is 0.474 e. The Morgan fingerprint density at radius 2 is 2.12 bits per heavy atom. The lowest BCUT2D eigenvalue weighted by Gasteiger charge is -2.29. The maximum atomic E-state index is 14.6. The van der Waals surface area contributed by atoms with Gasteiger partial charge in [-0.2, -0.15) is 0 Å². The van der Waals surface area contributed by atoms with Crippen LogP contribution in [0.5, 0.6) is 5.88 Å². The number of pyridine rings is 1. The minimum Gasteiger partial charge on any atom is -0.474 e. The molecule has 4 nitrogen and oxygen atoms in total. The van der Waals surface area contributed by atoms with Gasteiger partial charge in [-0.3, -0.25) is 0 Å². The van der Waals surface area contributed by atoms with E-state index in [2.05, 4.69) is 18.8 Å². The van der Waals surface area contributed by atoms with E-state index >= 15 is 0 Å². The van der Waals surface area contributed by atoms with Crippen molar-refractivity contribution in [2.45, 2.75) is 46.6 Å². The molecule has 0 fully saturated rings. The Kier molecular flexibility index (Phi) is 5.25. The quantitative estimate of drug-likeness (QED) is 0.743. The summed E-state index contributed by atoms with van der Waals surface area (Å²) in [5, 5.41) is 0. The molecule has 0 aliphatic carbocycles. The molecule has 1 unspecified atom stereocenters. The highest BCUT2D eigenvalue weighted by Gasteiger charge is 2.28. The molecule has 5 heteroatoms. The average molecular weight is 357 g/mol. The van der Waals surface area contributed by atoms with Crippen molar-refractivity contribution in [2.75, 3.05) is 6.61 Å². The zero-order valence-electron chi connectivity index (χ0n) is 15.6. The summed E-state index contributed by atoms with van der Waals surface area (Å²) >= 11 is 0. The van der Waals surface area contributed by atoms with Gasteiger partial charge in [-0.05, 0) is 55.9 Å². The first-order valence-electron chi connectivity index (χ1n) is 9.05. The lowest BCUT2D eigenvalue weighted by molar-refractivity contribution is 0.0515. The second-order valence-electron chi connectivity index (χ2n) is 6.98. The van der Waals surface area contributed by atoms with Gasteiger partial charge in [0.05, 0.1) is 6.61 Å². The minimum absolute atomic E-state index is 0.0307. The van der Waals surface area contributed by atoms with Gasteiger partial charge in [-0.15, -0.1) is 0 Å². The summed E-state index contributed by atoms with van der Waals surface area (Å²) < 4.78 is 25.7. The van der Waals surface area contributed by atoms with Gasteiger partial charge in [0.1, 0.15) is 11.9 Å². The summed E-state index contributed by atoms with van der Waals surface area (Å²) in [6, 6.07) is 6.70. The first kappa shape index (κ1) is 18.4. The fourth-order valence-electron chi connectivity index (χ4n) is 3.23. The number of halogens is 1. The van der Waals surface area contributed by atoms with Gasteiger partial charge in [0, 0.05) is 11.1 Å². The lowest BCUT2D eigenvalue weighted by Crippen LogP contribution is -2.29. The molecule has 0 bridgehead atoms. The van der Waals surface area contributed by atoms with E-state index < -0.39 is 5.97 Å². The molecular formula is C21H24FNO3. The number of aryl methyl sites for hydroxylation is 1. The molecule has 2 aromatic rings. The highest BCUT2D eigenvalue weighted by Crippen LogP contribution is 2.37. The summed E-state index contributed by atoms with van der Waals surface area (Å²) in [6.07, 6.45) is 1.60. The van der Waals surface area contributed by atoms with E-state index in [0.29, 0.717) is 22.9 Å². The number of ether oxygens (including phenoxy) is 2. The van der Waals surface area contributed by atoms with Gasteiger partial charge >= 0.3 is 5.97 Å². The minimum atomic E-state index is -0.528. The first-order valence-corrected chi connectivity index (χ1v) is 9.05.